The van der Waals surface area contributed by atoms with Crippen molar-refractivity contribution < 1.29 is 0 Å². The van der Waals surface area contributed by atoms with Gasteiger partial charge in [0.05, 0.1) is 6.17 Å². The van der Waals surface area contributed by atoms with Crippen LogP contribution in [0, 0.1) is 6.92 Å². The van der Waals surface area contributed by atoms with Crippen LogP contribution in [0.2, 0.25) is 5.28 Å². The Morgan fingerprint density at radius 2 is 2.50 bits per heavy atom. The molecule has 1 fully saturated rings. The van der Waals surface area contributed by atoms with Crippen LogP contribution in [0.5, 0.6) is 0 Å². The van der Waals surface area contributed by atoms with Gasteiger partial charge in [0.25, 0.3) is 0 Å². The number of aromatic nitrogens is 2. The molecule has 1 aliphatic rings. The van der Waals surface area contributed by atoms with Gasteiger partial charge in [0.15, 0.2) is 0 Å². The number of rotatable bonds is 2. The van der Waals surface area contributed by atoms with Crippen LogP contribution >= 0.6 is 11.6 Å². The van der Waals surface area contributed by atoms with Gasteiger partial charge in [0.1, 0.15) is 5.82 Å². The summed E-state index contributed by atoms with van der Waals surface area (Å²) < 4.78 is 0. The highest BCUT2D eigenvalue weighted by Gasteiger charge is 2.14. The average Bonchev–Trinajstić information content (AvgIpc) is 2.64. The van der Waals surface area contributed by atoms with Gasteiger partial charge in [-0.3, -0.25) is 5.32 Å². The number of halogens is 1. The lowest BCUT2D eigenvalue weighted by Crippen LogP contribution is -2.30. The normalized spacial score (nSPS) is 21.1. The first-order chi connectivity index (χ1) is 6.75. The predicted molar refractivity (Wildman–Crippen MR) is 56.4 cm³/mol. The summed E-state index contributed by atoms with van der Waals surface area (Å²) in [6.07, 6.45) is 4.38. The van der Waals surface area contributed by atoms with E-state index in [0.717, 1.165) is 24.3 Å². The van der Waals surface area contributed by atoms with E-state index in [-0.39, 0.29) is 5.28 Å². The van der Waals surface area contributed by atoms with Gasteiger partial charge in [-0.2, -0.15) is 0 Å². The molecule has 0 radical (unpaired) electrons. The third kappa shape index (κ3) is 2.13. The SMILES string of the molecule is Cc1cnc(Cl)nc1NC1CCCN1. The summed E-state index contributed by atoms with van der Waals surface area (Å²) in [6, 6.07) is 0. The minimum Gasteiger partial charge on any atom is -0.354 e. The fourth-order valence-electron chi connectivity index (χ4n) is 1.54. The van der Waals surface area contributed by atoms with E-state index in [1.165, 1.54) is 6.42 Å². The monoisotopic (exact) mass is 212 g/mol. The van der Waals surface area contributed by atoms with Crippen LogP contribution in [-0.4, -0.2) is 22.7 Å². The Balaban J connectivity index is 2.10. The minimum atomic E-state index is 0.288. The summed E-state index contributed by atoms with van der Waals surface area (Å²) in [7, 11) is 0. The third-order valence-corrected chi connectivity index (χ3v) is 2.50. The summed E-state index contributed by atoms with van der Waals surface area (Å²) in [5.41, 5.74) is 1.02. The Labute approximate surface area is 88.1 Å². The van der Waals surface area contributed by atoms with E-state index in [1.807, 2.05) is 6.92 Å². The van der Waals surface area contributed by atoms with Crippen LogP contribution in [-0.2, 0) is 0 Å². The van der Waals surface area contributed by atoms with Gasteiger partial charge in [-0.1, -0.05) is 0 Å². The fourth-order valence-corrected chi connectivity index (χ4v) is 1.67. The smallest absolute Gasteiger partial charge is 0.224 e. The van der Waals surface area contributed by atoms with E-state index >= 15 is 0 Å². The van der Waals surface area contributed by atoms with E-state index in [4.69, 9.17) is 11.6 Å². The van der Waals surface area contributed by atoms with Crippen molar-refractivity contribution in [3.05, 3.63) is 17.0 Å². The Bertz CT molecular complexity index is 323. The van der Waals surface area contributed by atoms with Crippen LogP contribution in [0.25, 0.3) is 0 Å². The molecule has 2 heterocycles. The van der Waals surface area contributed by atoms with Crippen molar-refractivity contribution in [1.82, 2.24) is 15.3 Å². The van der Waals surface area contributed by atoms with E-state index < -0.39 is 0 Å². The quantitative estimate of drug-likeness (QED) is 0.731. The second kappa shape index (κ2) is 4.11. The highest BCUT2D eigenvalue weighted by atomic mass is 35.5. The molecule has 0 saturated carbocycles. The molecule has 14 heavy (non-hydrogen) atoms. The maximum absolute atomic E-state index is 5.72. The molecule has 1 aromatic rings. The zero-order valence-electron chi connectivity index (χ0n) is 8.05. The molecule has 2 rings (SSSR count). The van der Waals surface area contributed by atoms with Crippen LogP contribution in [0.4, 0.5) is 5.82 Å². The van der Waals surface area contributed by atoms with Gasteiger partial charge >= 0.3 is 0 Å². The fraction of sp³-hybridized carbons (Fsp3) is 0.556. The summed E-state index contributed by atoms with van der Waals surface area (Å²) in [5.74, 6) is 0.824. The first kappa shape index (κ1) is 9.68. The highest BCUT2D eigenvalue weighted by molar-refractivity contribution is 6.28. The second-order valence-electron chi connectivity index (χ2n) is 3.46. The second-order valence-corrected chi connectivity index (χ2v) is 3.80. The Morgan fingerprint density at radius 3 is 3.21 bits per heavy atom. The van der Waals surface area contributed by atoms with Crippen LogP contribution in [0.1, 0.15) is 18.4 Å². The van der Waals surface area contributed by atoms with Gasteiger partial charge in [-0.15, -0.1) is 0 Å². The summed E-state index contributed by atoms with van der Waals surface area (Å²) in [6.45, 7) is 3.03. The van der Waals surface area contributed by atoms with Crippen molar-refractivity contribution in [2.24, 2.45) is 0 Å². The Morgan fingerprint density at radius 1 is 1.64 bits per heavy atom. The topological polar surface area (TPSA) is 49.8 Å². The Kier molecular flexibility index (Phi) is 2.84. The first-order valence-corrected chi connectivity index (χ1v) is 5.12. The van der Waals surface area contributed by atoms with Gasteiger partial charge < -0.3 is 5.32 Å². The van der Waals surface area contributed by atoms with Gasteiger partial charge in [-0.25, -0.2) is 9.97 Å². The molecule has 5 heteroatoms. The molecule has 1 unspecified atom stereocenters. The maximum atomic E-state index is 5.72. The molecular weight excluding hydrogens is 200 g/mol. The van der Waals surface area contributed by atoms with Crippen LogP contribution in [0.3, 0.4) is 0 Å². The molecule has 1 atom stereocenters. The molecule has 1 aliphatic heterocycles. The highest BCUT2D eigenvalue weighted by Crippen LogP contribution is 2.15. The molecule has 0 aromatic carbocycles. The molecule has 4 nitrogen and oxygen atoms in total. The van der Waals surface area contributed by atoms with Crippen LogP contribution < -0.4 is 10.6 Å². The number of aryl methyl sites for hydroxylation is 1. The largest absolute Gasteiger partial charge is 0.354 e. The average molecular weight is 213 g/mol. The minimum absolute atomic E-state index is 0.288. The first-order valence-electron chi connectivity index (χ1n) is 4.75. The maximum Gasteiger partial charge on any atom is 0.224 e. The lowest BCUT2D eigenvalue weighted by atomic mass is 10.3. The van der Waals surface area contributed by atoms with E-state index in [0.29, 0.717) is 6.17 Å². The lowest BCUT2D eigenvalue weighted by molar-refractivity contribution is 0.674. The summed E-state index contributed by atoms with van der Waals surface area (Å²) in [5, 5.41) is 6.93. The Hall–Kier alpha value is -0.870. The molecule has 1 saturated heterocycles. The van der Waals surface area contributed by atoms with Gasteiger partial charge in [0, 0.05) is 11.8 Å². The number of hydrogen-bond donors (Lipinski definition) is 2. The molecule has 0 spiro atoms. The third-order valence-electron chi connectivity index (χ3n) is 2.31. The molecular formula is C9H13ClN4. The predicted octanol–water partition coefficient (Wildman–Crippen LogP) is 1.56. The number of anilines is 1. The molecule has 1 aromatic heterocycles. The van der Waals surface area contributed by atoms with Crippen molar-refractivity contribution >= 4 is 17.4 Å². The van der Waals surface area contributed by atoms with Gasteiger partial charge in [0.2, 0.25) is 5.28 Å². The van der Waals surface area contributed by atoms with Crippen molar-refractivity contribution in [2.75, 3.05) is 11.9 Å². The number of nitrogens with zero attached hydrogens (tertiary/aromatic N) is 2. The zero-order chi connectivity index (χ0) is 9.97. The molecule has 0 amide bonds. The molecule has 2 N–H and O–H groups in total. The summed E-state index contributed by atoms with van der Waals surface area (Å²) in [4.78, 5) is 8.05. The molecule has 76 valence electrons. The zero-order valence-corrected chi connectivity index (χ0v) is 8.80. The van der Waals surface area contributed by atoms with Crippen molar-refractivity contribution in [1.29, 1.82) is 0 Å². The lowest BCUT2D eigenvalue weighted by Gasteiger charge is -2.14. The van der Waals surface area contributed by atoms with E-state index in [9.17, 15) is 0 Å². The number of nitrogens with one attached hydrogen (secondary N) is 2. The van der Waals surface area contributed by atoms with Crippen molar-refractivity contribution in [3.8, 4) is 0 Å². The summed E-state index contributed by atoms with van der Waals surface area (Å²) >= 11 is 5.72. The van der Waals surface area contributed by atoms with Gasteiger partial charge in [-0.05, 0) is 37.9 Å². The molecule has 0 bridgehead atoms. The standard InChI is InChI=1S/C9H13ClN4/c1-6-5-12-9(10)14-8(6)13-7-3-2-4-11-7/h5,7,11H,2-4H2,1H3,(H,12,13,14). The van der Waals surface area contributed by atoms with Crippen LogP contribution in [0.15, 0.2) is 6.20 Å². The van der Waals surface area contributed by atoms with Crippen molar-refractivity contribution in [3.63, 3.8) is 0 Å². The number of hydrogen-bond acceptors (Lipinski definition) is 4. The van der Waals surface area contributed by atoms with E-state index in [1.54, 1.807) is 6.20 Å². The van der Waals surface area contributed by atoms with Crippen molar-refractivity contribution in [2.45, 2.75) is 25.9 Å². The molecule has 0 aliphatic carbocycles. The van der Waals surface area contributed by atoms with E-state index in [2.05, 4.69) is 20.6 Å².